The van der Waals surface area contributed by atoms with E-state index in [1.54, 1.807) is 0 Å². The molecule has 0 aromatic heterocycles. The molecule has 2 atom stereocenters. The van der Waals surface area contributed by atoms with E-state index in [2.05, 4.69) is 21.2 Å². The van der Waals surface area contributed by atoms with Gasteiger partial charge in [-0.25, -0.2) is 0 Å². The second-order valence-electron chi connectivity index (χ2n) is 3.95. The van der Waals surface area contributed by atoms with Crippen LogP contribution in [0, 0.1) is 0 Å². The number of benzene rings is 1. The highest BCUT2D eigenvalue weighted by Gasteiger charge is 2.23. The number of carbonyl (C=O) groups is 1. The molecule has 1 aromatic carbocycles. The Morgan fingerprint density at radius 1 is 1.27 bits per heavy atom. The smallest absolute Gasteiger partial charge is 0.251 e. The van der Waals surface area contributed by atoms with Crippen LogP contribution in [-0.2, 0) is 0 Å². The Kier molecular flexibility index (Phi) is 3.41. The fourth-order valence-electron chi connectivity index (χ4n) is 1.92. The molecular weight excluding hydrogens is 254 g/mol. The third kappa shape index (κ3) is 2.81. The topological polar surface area (TPSA) is 29.1 Å². The molecule has 0 saturated heterocycles. The Morgan fingerprint density at radius 2 is 2.00 bits per heavy atom. The van der Waals surface area contributed by atoms with Gasteiger partial charge in [-0.15, -0.1) is 0 Å². The van der Waals surface area contributed by atoms with Crippen LogP contribution < -0.4 is 5.32 Å². The van der Waals surface area contributed by atoms with Gasteiger partial charge in [0.15, 0.2) is 0 Å². The van der Waals surface area contributed by atoms with Crippen molar-refractivity contribution in [3.05, 3.63) is 35.9 Å². The van der Waals surface area contributed by atoms with Crippen molar-refractivity contribution >= 4 is 21.8 Å². The molecule has 0 heterocycles. The summed E-state index contributed by atoms with van der Waals surface area (Å²) in [6.45, 7) is 0. The molecule has 0 bridgehead atoms. The molecule has 3 heteroatoms. The highest BCUT2D eigenvalue weighted by molar-refractivity contribution is 9.09. The van der Waals surface area contributed by atoms with Crippen LogP contribution >= 0.6 is 15.9 Å². The van der Waals surface area contributed by atoms with Gasteiger partial charge in [-0.1, -0.05) is 34.1 Å². The Hall–Kier alpha value is -0.830. The molecule has 15 heavy (non-hydrogen) atoms. The molecule has 80 valence electrons. The quantitative estimate of drug-likeness (QED) is 0.821. The van der Waals surface area contributed by atoms with Crippen LogP contribution in [0.25, 0.3) is 0 Å². The van der Waals surface area contributed by atoms with Gasteiger partial charge in [0.05, 0.1) is 0 Å². The second-order valence-corrected chi connectivity index (χ2v) is 5.24. The highest BCUT2D eigenvalue weighted by atomic mass is 79.9. The first-order valence-corrected chi connectivity index (χ1v) is 6.17. The van der Waals surface area contributed by atoms with Crippen molar-refractivity contribution in [3.63, 3.8) is 0 Å². The molecule has 0 radical (unpaired) electrons. The summed E-state index contributed by atoms with van der Waals surface area (Å²) in [6, 6.07) is 9.71. The van der Waals surface area contributed by atoms with E-state index < -0.39 is 0 Å². The zero-order valence-electron chi connectivity index (χ0n) is 8.45. The largest absolute Gasteiger partial charge is 0.349 e. The minimum Gasteiger partial charge on any atom is -0.349 e. The molecule has 1 saturated carbocycles. The Labute approximate surface area is 98.2 Å². The molecule has 0 aliphatic heterocycles. The molecule has 2 unspecified atom stereocenters. The Bertz CT molecular complexity index is 339. The average Bonchev–Trinajstić information content (AvgIpc) is 2.65. The van der Waals surface area contributed by atoms with E-state index >= 15 is 0 Å². The number of nitrogens with one attached hydrogen (secondary N) is 1. The summed E-state index contributed by atoms with van der Waals surface area (Å²) in [5.74, 6) is 0.0437. The number of halogens is 1. The molecule has 2 rings (SSSR count). The van der Waals surface area contributed by atoms with Crippen LogP contribution in [-0.4, -0.2) is 16.8 Å². The maximum atomic E-state index is 11.8. The molecule has 1 aliphatic carbocycles. The van der Waals surface area contributed by atoms with Crippen LogP contribution in [0.5, 0.6) is 0 Å². The minimum atomic E-state index is 0.0437. The lowest BCUT2D eigenvalue weighted by Crippen LogP contribution is -2.32. The first kappa shape index (κ1) is 10.7. The van der Waals surface area contributed by atoms with E-state index in [9.17, 15) is 4.79 Å². The van der Waals surface area contributed by atoms with Crippen molar-refractivity contribution in [1.82, 2.24) is 5.32 Å². The van der Waals surface area contributed by atoms with Crippen molar-refractivity contribution in [1.29, 1.82) is 0 Å². The molecule has 1 aromatic rings. The summed E-state index contributed by atoms with van der Waals surface area (Å²) >= 11 is 3.57. The van der Waals surface area contributed by atoms with Crippen LogP contribution in [0.4, 0.5) is 0 Å². The van der Waals surface area contributed by atoms with E-state index in [4.69, 9.17) is 0 Å². The monoisotopic (exact) mass is 267 g/mol. The maximum absolute atomic E-state index is 11.8. The fourth-order valence-corrected chi connectivity index (χ4v) is 2.63. The number of hydrogen-bond acceptors (Lipinski definition) is 1. The van der Waals surface area contributed by atoms with Crippen molar-refractivity contribution in [2.75, 3.05) is 0 Å². The molecule has 1 fully saturated rings. The van der Waals surface area contributed by atoms with Crippen LogP contribution in [0.3, 0.4) is 0 Å². The normalized spacial score (nSPS) is 25.1. The first-order chi connectivity index (χ1) is 7.25. The molecule has 1 N–H and O–H groups in total. The van der Waals surface area contributed by atoms with E-state index in [-0.39, 0.29) is 5.91 Å². The van der Waals surface area contributed by atoms with Crippen LogP contribution in [0.1, 0.15) is 29.6 Å². The second kappa shape index (κ2) is 4.79. The lowest BCUT2D eigenvalue weighted by molar-refractivity contribution is 0.0938. The van der Waals surface area contributed by atoms with Crippen LogP contribution in [0.15, 0.2) is 30.3 Å². The number of carbonyl (C=O) groups excluding carboxylic acids is 1. The van der Waals surface area contributed by atoms with Crippen LogP contribution in [0.2, 0.25) is 0 Å². The van der Waals surface area contributed by atoms with Gasteiger partial charge in [0.2, 0.25) is 0 Å². The van der Waals surface area contributed by atoms with Gasteiger partial charge < -0.3 is 5.32 Å². The van der Waals surface area contributed by atoms with E-state index in [1.165, 1.54) is 0 Å². The summed E-state index contributed by atoms with van der Waals surface area (Å²) in [5.41, 5.74) is 0.746. The molecular formula is C12H14BrNO. The highest BCUT2D eigenvalue weighted by Crippen LogP contribution is 2.25. The maximum Gasteiger partial charge on any atom is 0.251 e. The predicted molar refractivity (Wildman–Crippen MR) is 64.3 cm³/mol. The number of hydrogen-bond donors (Lipinski definition) is 1. The molecule has 0 spiro atoms. The summed E-state index contributed by atoms with van der Waals surface area (Å²) in [5, 5.41) is 3.06. The summed E-state index contributed by atoms with van der Waals surface area (Å²) in [4.78, 5) is 12.3. The van der Waals surface area contributed by atoms with Gasteiger partial charge in [-0.3, -0.25) is 4.79 Å². The van der Waals surface area contributed by atoms with E-state index in [0.29, 0.717) is 10.9 Å². The van der Waals surface area contributed by atoms with Gasteiger partial charge in [0.25, 0.3) is 5.91 Å². The third-order valence-corrected chi connectivity index (χ3v) is 3.57. The lowest BCUT2D eigenvalue weighted by atomic mass is 10.2. The Balaban J connectivity index is 1.93. The zero-order chi connectivity index (χ0) is 10.7. The van der Waals surface area contributed by atoms with E-state index in [1.807, 2.05) is 30.3 Å². The standard InChI is InChI=1S/C12H14BrNO/c13-10-6-7-11(8-10)14-12(15)9-4-2-1-3-5-9/h1-5,10-11H,6-8H2,(H,14,15). The summed E-state index contributed by atoms with van der Waals surface area (Å²) in [7, 11) is 0. The van der Waals surface area contributed by atoms with Gasteiger partial charge in [-0.2, -0.15) is 0 Å². The average molecular weight is 268 g/mol. The van der Waals surface area contributed by atoms with Gasteiger partial charge >= 0.3 is 0 Å². The van der Waals surface area contributed by atoms with Crippen molar-refractivity contribution < 1.29 is 4.79 Å². The SMILES string of the molecule is O=C(NC1CCC(Br)C1)c1ccccc1. The van der Waals surface area contributed by atoms with Gasteiger partial charge in [0, 0.05) is 16.4 Å². The van der Waals surface area contributed by atoms with Crippen molar-refractivity contribution in [3.8, 4) is 0 Å². The summed E-state index contributed by atoms with van der Waals surface area (Å²) in [6.07, 6.45) is 3.27. The number of amides is 1. The third-order valence-electron chi connectivity index (χ3n) is 2.74. The van der Waals surface area contributed by atoms with E-state index in [0.717, 1.165) is 24.8 Å². The predicted octanol–water partition coefficient (Wildman–Crippen LogP) is 2.73. The molecule has 2 nitrogen and oxygen atoms in total. The lowest BCUT2D eigenvalue weighted by Gasteiger charge is -2.11. The Morgan fingerprint density at radius 3 is 2.60 bits per heavy atom. The summed E-state index contributed by atoms with van der Waals surface area (Å²) < 4.78 is 0. The van der Waals surface area contributed by atoms with Gasteiger partial charge in [0.1, 0.15) is 0 Å². The number of alkyl halides is 1. The fraction of sp³-hybridized carbons (Fsp3) is 0.417. The molecule has 1 amide bonds. The zero-order valence-corrected chi connectivity index (χ0v) is 10.0. The van der Waals surface area contributed by atoms with Gasteiger partial charge in [-0.05, 0) is 31.4 Å². The van der Waals surface area contributed by atoms with Crippen molar-refractivity contribution in [2.45, 2.75) is 30.1 Å². The molecule has 1 aliphatic rings. The first-order valence-electron chi connectivity index (χ1n) is 5.25. The number of rotatable bonds is 2. The minimum absolute atomic E-state index is 0.0437. The van der Waals surface area contributed by atoms with Crippen molar-refractivity contribution in [2.24, 2.45) is 0 Å².